The molecule has 31 heavy (non-hydrogen) atoms. The molecular formula is C30H50O. The molecule has 1 nitrogen and oxygen atoms in total. The van der Waals surface area contributed by atoms with Crippen LogP contribution in [0.2, 0.25) is 0 Å². The predicted molar refractivity (Wildman–Crippen MR) is 131 cm³/mol. The minimum atomic E-state index is -0.167. The first-order valence-corrected chi connectivity index (χ1v) is 13.6. The maximum absolute atomic E-state index is 10.8. The summed E-state index contributed by atoms with van der Waals surface area (Å²) in [5, 5.41) is 10.8. The van der Waals surface area contributed by atoms with Gasteiger partial charge >= 0.3 is 0 Å². The zero-order valence-corrected chi connectivity index (χ0v) is 21.9. The molecule has 8 atom stereocenters. The Morgan fingerprint density at radius 2 is 1.35 bits per heavy atom. The van der Waals surface area contributed by atoms with Crippen LogP contribution in [-0.2, 0) is 0 Å². The molecule has 4 fully saturated rings. The van der Waals surface area contributed by atoms with Crippen molar-refractivity contribution in [3.05, 3.63) is 11.6 Å². The molecule has 5 rings (SSSR count). The van der Waals surface area contributed by atoms with Crippen LogP contribution in [0.25, 0.3) is 0 Å². The predicted octanol–water partition coefficient (Wildman–Crippen LogP) is 8.17. The minimum Gasteiger partial charge on any atom is -0.392 e. The molecule has 3 unspecified atom stereocenters. The molecule has 5 aliphatic carbocycles. The molecule has 4 saturated carbocycles. The summed E-state index contributed by atoms with van der Waals surface area (Å²) in [6.45, 7) is 20.5. The number of aliphatic hydroxyl groups is 1. The molecule has 0 radical (unpaired) electrons. The highest BCUT2D eigenvalue weighted by Gasteiger charge is 2.69. The Kier molecular flexibility index (Phi) is 4.66. The fraction of sp³-hybridized carbons (Fsp3) is 0.933. The third-order valence-corrected chi connectivity index (χ3v) is 13.1. The van der Waals surface area contributed by atoms with E-state index in [0.717, 1.165) is 18.3 Å². The van der Waals surface area contributed by atoms with Gasteiger partial charge in [0.1, 0.15) is 0 Å². The lowest BCUT2D eigenvalue weighted by atomic mass is 9.31. The van der Waals surface area contributed by atoms with Crippen molar-refractivity contribution in [3.8, 4) is 0 Å². The Morgan fingerprint density at radius 3 is 2.06 bits per heavy atom. The number of fused-ring (bicyclic) bond motifs is 7. The van der Waals surface area contributed by atoms with Gasteiger partial charge in [-0.3, -0.25) is 0 Å². The second-order valence-electron chi connectivity index (χ2n) is 15.2. The normalized spacial score (nSPS) is 55.2. The van der Waals surface area contributed by atoms with E-state index in [1.54, 1.807) is 5.57 Å². The standard InChI is InChI=1S/C30H50O/c1-25(2)13-14-27(5)15-17-29(7)22-11-9-20-21(10-12-24(31)26(20,3)4)28(22,6)16-18-30(29,8)23(27)19-25/h9,21-24,31H,10-19H2,1-8H3/t21?,22?,23-,24+,27-,28+,29-,30?/m1/s1. The molecule has 0 aliphatic heterocycles. The van der Waals surface area contributed by atoms with E-state index in [2.05, 4.69) is 61.5 Å². The van der Waals surface area contributed by atoms with Gasteiger partial charge in [0.05, 0.1) is 6.10 Å². The quantitative estimate of drug-likeness (QED) is 0.387. The van der Waals surface area contributed by atoms with Gasteiger partial charge < -0.3 is 5.11 Å². The van der Waals surface area contributed by atoms with Gasteiger partial charge in [-0.15, -0.1) is 0 Å². The summed E-state index contributed by atoms with van der Waals surface area (Å²) in [5.74, 6) is 2.36. The van der Waals surface area contributed by atoms with E-state index in [9.17, 15) is 5.11 Å². The van der Waals surface area contributed by atoms with E-state index in [4.69, 9.17) is 0 Å². The van der Waals surface area contributed by atoms with Gasteiger partial charge in [0, 0.05) is 5.41 Å². The van der Waals surface area contributed by atoms with Crippen LogP contribution in [0.5, 0.6) is 0 Å². The molecule has 0 heterocycles. The van der Waals surface area contributed by atoms with Crippen molar-refractivity contribution in [1.82, 2.24) is 0 Å². The Bertz CT molecular complexity index is 790. The minimum absolute atomic E-state index is 0.0446. The first kappa shape index (κ1) is 22.5. The van der Waals surface area contributed by atoms with Crippen molar-refractivity contribution in [3.63, 3.8) is 0 Å². The number of aliphatic hydroxyl groups excluding tert-OH is 1. The van der Waals surface area contributed by atoms with Crippen molar-refractivity contribution in [2.45, 2.75) is 126 Å². The van der Waals surface area contributed by atoms with Crippen molar-refractivity contribution in [2.75, 3.05) is 0 Å². The lowest BCUT2D eigenvalue weighted by molar-refractivity contribution is -0.230. The lowest BCUT2D eigenvalue weighted by Crippen LogP contribution is -2.65. The molecule has 0 aromatic heterocycles. The second kappa shape index (κ2) is 6.43. The molecule has 0 amide bonds. The van der Waals surface area contributed by atoms with E-state index in [-0.39, 0.29) is 11.5 Å². The highest BCUT2D eigenvalue weighted by atomic mass is 16.3. The Hall–Kier alpha value is -0.300. The van der Waals surface area contributed by atoms with Gasteiger partial charge in [-0.05, 0) is 109 Å². The van der Waals surface area contributed by atoms with Gasteiger partial charge in [-0.25, -0.2) is 0 Å². The summed E-state index contributed by atoms with van der Waals surface area (Å²) in [6, 6.07) is 0. The van der Waals surface area contributed by atoms with Crippen LogP contribution in [-0.4, -0.2) is 11.2 Å². The summed E-state index contributed by atoms with van der Waals surface area (Å²) in [6.07, 6.45) is 15.9. The first-order valence-electron chi connectivity index (χ1n) is 13.6. The topological polar surface area (TPSA) is 20.2 Å². The van der Waals surface area contributed by atoms with Gasteiger partial charge in [-0.2, -0.15) is 0 Å². The van der Waals surface area contributed by atoms with Crippen LogP contribution < -0.4 is 0 Å². The molecule has 0 saturated heterocycles. The van der Waals surface area contributed by atoms with Crippen LogP contribution in [0.15, 0.2) is 11.6 Å². The molecule has 0 aromatic rings. The summed E-state index contributed by atoms with van der Waals surface area (Å²) < 4.78 is 0. The van der Waals surface area contributed by atoms with Crippen molar-refractivity contribution in [1.29, 1.82) is 0 Å². The van der Waals surface area contributed by atoms with Crippen LogP contribution in [0.1, 0.15) is 120 Å². The molecule has 5 aliphatic rings. The summed E-state index contributed by atoms with van der Waals surface area (Å²) in [4.78, 5) is 0. The van der Waals surface area contributed by atoms with Gasteiger partial charge in [-0.1, -0.05) is 67.0 Å². The molecule has 0 aromatic carbocycles. The summed E-state index contributed by atoms with van der Waals surface area (Å²) in [5.41, 5.74) is 3.96. The maximum atomic E-state index is 10.8. The fourth-order valence-electron chi connectivity index (χ4n) is 10.4. The average molecular weight is 427 g/mol. The lowest BCUT2D eigenvalue weighted by Gasteiger charge is -2.73. The molecule has 0 spiro atoms. The molecular weight excluding hydrogens is 376 g/mol. The molecule has 0 bridgehead atoms. The summed E-state index contributed by atoms with van der Waals surface area (Å²) >= 11 is 0. The average Bonchev–Trinajstić information content (AvgIpc) is 2.68. The van der Waals surface area contributed by atoms with E-state index < -0.39 is 0 Å². The van der Waals surface area contributed by atoms with Gasteiger partial charge in [0.25, 0.3) is 0 Å². The van der Waals surface area contributed by atoms with Crippen LogP contribution in [0, 0.1) is 50.2 Å². The van der Waals surface area contributed by atoms with E-state index >= 15 is 0 Å². The van der Waals surface area contributed by atoms with Crippen LogP contribution >= 0.6 is 0 Å². The van der Waals surface area contributed by atoms with Crippen molar-refractivity contribution >= 4 is 0 Å². The zero-order chi connectivity index (χ0) is 22.7. The SMILES string of the molecule is CC1(C)CC[C@]2(C)CC[C@]3(C)C4CC=C5C(CC[C@H](O)C5(C)C)[C@]4(C)CCC3(C)[C@@H]2C1. The maximum Gasteiger partial charge on any atom is 0.0628 e. The first-order chi connectivity index (χ1) is 14.2. The third kappa shape index (κ3) is 2.77. The smallest absolute Gasteiger partial charge is 0.0628 e. The van der Waals surface area contributed by atoms with Crippen molar-refractivity contribution in [2.24, 2.45) is 50.2 Å². The number of hydrogen-bond donors (Lipinski definition) is 1. The number of rotatable bonds is 0. The third-order valence-electron chi connectivity index (χ3n) is 13.1. The van der Waals surface area contributed by atoms with E-state index in [1.807, 2.05) is 0 Å². The summed E-state index contributed by atoms with van der Waals surface area (Å²) in [7, 11) is 0. The molecule has 1 heteroatoms. The Balaban J connectivity index is 1.57. The number of hydrogen-bond acceptors (Lipinski definition) is 1. The highest BCUT2D eigenvalue weighted by molar-refractivity contribution is 5.30. The Labute approximate surface area is 192 Å². The zero-order valence-electron chi connectivity index (χ0n) is 21.9. The fourth-order valence-corrected chi connectivity index (χ4v) is 10.4. The van der Waals surface area contributed by atoms with E-state index in [0.29, 0.717) is 33.0 Å². The van der Waals surface area contributed by atoms with Gasteiger partial charge in [0.2, 0.25) is 0 Å². The number of allylic oxidation sites excluding steroid dienone is 1. The van der Waals surface area contributed by atoms with Crippen LogP contribution in [0.3, 0.4) is 0 Å². The van der Waals surface area contributed by atoms with Gasteiger partial charge in [0.15, 0.2) is 0 Å². The monoisotopic (exact) mass is 426 g/mol. The van der Waals surface area contributed by atoms with Crippen LogP contribution in [0.4, 0.5) is 0 Å². The van der Waals surface area contributed by atoms with Crippen molar-refractivity contribution < 1.29 is 5.11 Å². The largest absolute Gasteiger partial charge is 0.392 e. The Morgan fingerprint density at radius 1 is 0.742 bits per heavy atom. The van der Waals surface area contributed by atoms with E-state index in [1.165, 1.54) is 57.8 Å². The highest BCUT2D eigenvalue weighted by Crippen LogP contribution is 2.77. The second-order valence-corrected chi connectivity index (χ2v) is 15.2. The molecule has 176 valence electrons. The molecule has 1 N–H and O–H groups in total.